The lowest BCUT2D eigenvalue weighted by molar-refractivity contribution is -0.0360. The van der Waals surface area contributed by atoms with Gasteiger partial charge < -0.3 is 4.74 Å². The Morgan fingerprint density at radius 1 is 1.35 bits per heavy atom. The van der Waals surface area contributed by atoms with Crippen molar-refractivity contribution in [3.63, 3.8) is 0 Å². The molecule has 1 aromatic rings. The van der Waals surface area contributed by atoms with Crippen molar-refractivity contribution in [2.75, 3.05) is 26.3 Å². The van der Waals surface area contributed by atoms with Crippen LogP contribution in [0.1, 0.15) is 36.6 Å². The van der Waals surface area contributed by atoms with Crippen molar-refractivity contribution in [2.45, 2.75) is 37.3 Å². The van der Waals surface area contributed by atoms with E-state index >= 15 is 0 Å². The second kappa shape index (κ2) is 6.42. The van der Waals surface area contributed by atoms with E-state index in [1.807, 2.05) is 0 Å². The number of hydrazine groups is 1. The van der Waals surface area contributed by atoms with Gasteiger partial charge in [0.05, 0.1) is 19.3 Å². The number of nitrogens with two attached hydrogens (primary N) is 1. The summed E-state index contributed by atoms with van der Waals surface area (Å²) in [6, 6.07) is 2.31. The average molecular weight is 360 g/mol. The van der Waals surface area contributed by atoms with Gasteiger partial charge in [0.1, 0.15) is 0 Å². The zero-order valence-corrected chi connectivity index (χ0v) is 14.0. The zero-order chi connectivity index (χ0) is 14.0. The summed E-state index contributed by atoms with van der Waals surface area (Å²) in [6.45, 7) is 3.71. The number of thiophene rings is 1. The lowest BCUT2D eigenvalue weighted by atomic mass is 9.85. The lowest BCUT2D eigenvalue weighted by Crippen LogP contribution is -2.59. The van der Waals surface area contributed by atoms with Crippen LogP contribution < -0.4 is 11.3 Å². The van der Waals surface area contributed by atoms with Crippen LogP contribution in [0.4, 0.5) is 0 Å². The van der Waals surface area contributed by atoms with E-state index in [-0.39, 0.29) is 11.6 Å². The maximum atomic E-state index is 5.98. The Labute approximate surface area is 132 Å². The molecule has 2 heterocycles. The van der Waals surface area contributed by atoms with Gasteiger partial charge in [-0.15, -0.1) is 11.3 Å². The molecule has 112 valence electrons. The summed E-state index contributed by atoms with van der Waals surface area (Å²) in [4.78, 5) is 3.93. The maximum absolute atomic E-state index is 5.98. The van der Waals surface area contributed by atoms with Crippen LogP contribution in [0.15, 0.2) is 15.9 Å². The van der Waals surface area contributed by atoms with Gasteiger partial charge in [-0.05, 0) is 40.2 Å². The van der Waals surface area contributed by atoms with Gasteiger partial charge in [0.25, 0.3) is 0 Å². The minimum absolute atomic E-state index is 0.145. The highest BCUT2D eigenvalue weighted by Crippen LogP contribution is 2.47. The van der Waals surface area contributed by atoms with Crippen LogP contribution in [-0.4, -0.2) is 36.7 Å². The first kappa shape index (κ1) is 14.9. The summed E-state index contributed by atoms with van der Waals surface area (Å²) in [7, 11) is 0. The van der Waals surface area contributed by atoms with Gasteiger partial charge in [-0.25, -0.2) is 0 Å². The minimum Gasteiger partial charge on any atom is -0.379 e. The Morgan fingerprint density at radius 3 is 2.60 bits per heavy atom. The van der Waals surface area contributed by atoms with Crippen LogP contribution in [-0.2, 0) is 4.74 Å². The van der Waals surface area contributed by atoms with E-state index in [4.69, 9.17) is 10.6 Å². The van der Waals surface area contributed by atoms with Crippen molar-refractivity contribution in [1.29, 1.82) is 0 Å². The number of hydrogen-bond acceptors (Lipinski definition) is 5. The van der Waals surface area contributed by atoms with Crippen LogP contribution in [0.3, 0.4) is 0 Å². The van der Waals surface area contributed by atoms with E-state index in [2.05, 4.69) is 37.7 Å². The van der Waals surface area contributed by atoms with E-state index in [0.717, 1.165) is 26.3 Å². The standard InChI is InChI=1S/C14H22BrN3OS/c15-11-3-10-20-12(11)13(17-16)14(4-1-2-5-14)18-6-8-19-9-7-18/h3,10,13,17H,1-2,4-9,16H2. The first-order valence-electron chi connectivity index (χ1n) is 7.30. The van der Waals surface area contributed by atoms with Crippen LogP contribution >= 0.6 is 27.3 Å². The first-order valence-corrected chi connectivity index (χ1v) is 8.97. The van der Waals surface area contributed by atoms with Gasteiger partial charge in [0.2, 0.25) is 0 Å². The molecule has 1 aliphatic heterocycles. The summed E-state index contributed by atoms with van der Waals surface area (Å²) < 4.78 is 6.70. The molecule has 0 spiro atoms. The highest BCUT2D eigenvalue weighted by atomic mass is 79.9. The molecular weight excluding hydrogens is 338 g/mol. The molecule has 1 unspecified atom stereocenters. The van der Waals surface area contributed by atoms with E-state index in [1.165, 1.54) is 35.0 Å². The van der Waals surface area contributed by atoms with Crippen molar-refractivity contribution in [3.05, 3.63) is 20.8 Å². The van der Waals surface area contributed by atoms with Crippen molar-refractivity contribution in [2.24, 2.45) is 5.84 Å². The molecule has 0 radical (unpaired) electrons. The quantitative estimate of drug-likeness (QED) is 0.640. The molecule has 0 amide bonds. The predicted octanol–water partition coefficient (Wildman–Crippen LogP) is 2.66. The Hall–Kier alpha value is 0.0200. The normalized spacial score (nSPS) is 24.9. The van der Waals surface area contributed by atoms with E-state index in [9.17, 15) is 0 Å². The molecule has 20 heavy (non-hydrogen) atoms. The summed E-state index contributed by atoms with van der Waals surface area (Å²) in [5, 5.41) is 2.13. The summed E-state index contributed by atoms with van der Waals surface area (Å²) in [6.07, 6.45) is 5.01. The molecule has 6 heteroatoms. The van der Waals surface area contributed by atoms with Crippen molar-refractivity contribution >= 4 is 27.3 Å². The van der Waals surface area contributed by atoms with Crippen LogP contribution in [0, 0.1) is 0 Å². The molecule has 1 atom stereocenters. The van der Waals surface area contributed by atoms with Gasteiger partial charge in [-0.1, -0.05) is 12.8 Å². The maximum Gasteiger partial charge on any atom is 0.0748 e. The van der Waals surface area contributed by atoms with Crippen LogP contribution in [0.25, 0.3) is 0 Å². The van der Waals surface area contributed by atoms with Crippen LogP contribution in [0.5, 0.6) is 0 Å². The molecule has 2 fully saturated rings. The number of nitrogens with one attached hydrogen (secondary N) is 1. The molecule has 0 aromatic carbocycles. The topological polar surface area (TPSA) is 50.5 Å². The monoisotopic (exact) mass is 359 g/mol. The average Bonchev–Trinajstić information content (AvgIpc) is 3.12. The zero-order valence-electron chi connectivity index (χ0n) is 11.6. The molecule has 2 aliphatic rings. The Bertz CT molecular complexity index is 441. The fourth-order valence-electron chi connectivity index (χ4n) is 3.77. The highest BCUT2D eigenvalue weighted by Gasteiger charge is 2.47. The minimum atomic E-state index is 0.145. The smallest absolute Gasteiger partial charge is 0.0748 e. The van der Waals surface area contributed by atoms with Crippen molar-refractivity contribution in [3.8, 4) is 0 Å². The number of hydrogen-bond donors (Lipinski definition) is 2. The number of halogens is 1. The van der Waals surface area contributed by atoms with Crippen molar-refractivity contribution < 1.29 is 4.74 Å². The van der Waals surface area contributed by atoms with E-state index in [0.29, 0.717) is 0 Å². The number of rotatable bonds is 4. The number of ether oxygens (including phenoxy) is 1. The number of nitrogens with zero attached hydrogens (tertiary/aromatic N) is 1. The molecule has 3 rings (SSSR count). The van der Waals surface area contributed by atoms with E-state index in [1.54, 1.807) is 11.3 Å². The molecule has 1 aromatic heterocycles. The number of morpholine rings is 1. The lowest BCUT2D eigenvalue weighted by Gasteiger charge is -2.47. The van der Waals surface area contributed by atoms with Gasteiger partial charge in [-0.3, -0.25) is 16.2 Å². The molecule has 1 aliphatic carbocycles. The third-order valence-corrected chi connectivity index (χ3v) is 6.66. The first-order chi connectivity index (χ1) is 9.78. The highest BCUT2D eigenvalue weighted by molar-refractivity contribution is 9.10. The molecule has 1 saturated carbocycles. The van der Waals surface area contributed by atoms with Crippen molar-refractivity contribution in [1.82, 2.24) is 10.3 Å². The van der Waals surface area contributed by atoms with E-state index < -0.39 is 0 Å². The Kier molecular flexibility index (Phi) is 4.79. The van der Waals surface area contributed by atoms with Gasteiger partial charge in [0, 0.05) is 28.0 Å². The second-order valence-corrected chi connectivity index (χ2v) is 7.44. The SMILES string of the molecule is NNC(c1sccc1Br)C1(N2CCOCC2)CCCC1. The molecule has 1 saturated heterocycles. The molecular formula is C14H22BrN3OS. The molecule has 4 nitrogen and oxygen atoms in total. The van der Waals surface area contributed by atoms with Gasteiger partial charge in [-0.2, -0.15) is 0 Å². The Balaban J connectivity index is 1.93. The molecule has 0 bridgehead atoms. The predicted molar refractivity (Wildman–Crippen MR) is 85.7 cm³/mol. The fraction of sp³-hybridized carbons (Fsp3) is 0.714. The largest absolute Gasteiger partial charge is 0.379 e. The summed E-state index contributed by atoms with van der Waals surface area (Å²) in [5.41, 5.74) is 3.27. The molecule has 3 N–H and O–H groups in total. The second-order valence-electron chi connectivity index (χ2n) is 5.64. The van der Waals surface area contributed by atoms with Gasteiger partial charge >= 0.3 is 0 Å². The van der Waals surface area contributed by atoms with Gasteiger partial charge in [0.15, 0.2) is 0 Å². The third kappa shape index (κ3) is 2.58. The Morgan fingerprint density at radius 2 is 2.05 bits per heavy atom. The fourth-order valence-corrected chi connectivity index (χ4v) is 5.54. The van der Waals surface area contributed by atoms with Crippen LogP contribution in [0.2, 0.25) is 0 Å². The summed E-state index contributed by atoms with van der Waals surface area (Å²) in [5.74, 6) is 5.98. The summed E-state index contributed by atoms with van der Waals surface area (Å²) >= 11 is 5.46. The third-order valence-electron chi connectivity index (χ3n) is 4.72.